The summed E-state index contributed by atoms with van der Waals surface area (Å²) in [5, 5.41) is 17.2. The Morgan fingerprint density at radius 1 is 1.14 bits per heavy atom. The standard InChI is InChI=1S/C32H34F3N9O5/c1-4-23-26(41-9-11-42(12-10-41)29(47)25-27(46)19(3)36-17-37-25)30(48)44-31(39-28(40-44)20-7-13-49-14-8-20)43(23)16-24(45)38-22-6-5-21(15-18(22)2)32(33,34)35/h5-7,15,17,46H,4,8-14,16H2,1-3H3,(H,38,45)/i16D2. The van der Waals surface area contributed by atoms with Crippen molar-refractivity contribution in [2.45, 2.75) is 46.3 Å². The van der Waals surface area contributed by atoms with Gasteiger partial charge in [0.15, 0.2) is 17.3 Å². The monoisotopic (exact) mass is 683 g/mol. The summed E-state index contributed by atoms with van der Waals surface area (Å²) in [7, 11) is 0. The van der Waals surface area contributed by atoms with Gasteiger partial charge in [-0.25, -0.2) is 9.97 Å². The van der Waals surface area contributed by atoms with E-state index in [-0.39, 0.29) is 90.6 Å². The number of aromatic hydroxyl groups is 1. The van der Waals surface area contributed by atoms with Crippen LogP contribution in [0.5, 0.6) is 5.75 Å². The highest BCUT2D eigenvalue weighted by atomic mass is 19.4. The summed E-state index contributed by atoms with van der Waals surface area (Å²) in [5.41, 5.74) is -0.627. The number of ether oxygens (including phenoxy) is 1. The SMILES string of the molecule is [2H]C([2H])(C(=O)Nc1ccc(C(F)(F)F)cc1C)n1c(CC)c(N2CCN(C(=O)c3ncnc(C)c3O)CC2)c(=O)n2nc(C3=CCOCC3)nc12. The van der Waals surface area contributed by atoms with Crippen LogP contribution < -0.4 is 15.8 Å². The first-order valence-corrected chi connectivity index (χ1v) is 15.5. The van der Waals surface area contributed by atoms with Crippen molar-refractivity contribution in [2.24, 2.45) is 0 Å². The van der Waals surface area contributed by atoms with Gasteiger partial charge in [0.05, 0.1) is 32.9 Å². The molecule has 1 fully saturated rings. The van der Waals surface area contributed by atoms with Gasteiger partial charge in [0, 0.05) is 31.9 Å². The molecule has 17 heteroatoms. The average Bonchev–Trinajstić information content (AvgIpc) is 3.55. The first kappa shape index (κ1) is 31.0. The van der Waals surface area contributed by atoms with Crippen molar-refractivity contribution in [1.82, 2.24) is 34.0 Å². The summed E-state index contributed by atoms with van der Waals surface area (Å²) in [4.78, 5) is 56.7. The van der Waals surface area contributed by atoms with Crippen LogP contribution in [0.1, 0.15) is 54.9 Å². The topological polar surface area (TPSA) is 160 Å². The van der Waals surface area contributed by atoms with Gasteiger partial charge in [0.2, 0.25) is 11.7 Å². The number of aromatic nitrogens is 6. The summed E-state index contributed by atoms with van der Waals surface area (Å²) >= 11 is 0. The van der Waals surface area contributed by atoms with Gasteiger partial charge in [0.1, 0.15) is 18.5 Å². The molecule has 4 aromatic rings. The van der Waals surface area contributed by atoms with E-state index < -0.39 is 35.6 Å². The molecule has 0 aliphatic carbocycles. The Hall–Kier alpha value is -5.32. The van der Waals surface area contributed by atoms with Crippen molar-refractivity contribution in [3.05, 3.63) is 75.0 Å². The number of piperazine rings is 1. The number of rotatable bonds is 7. The maximum Gasteiger partial charge on any atom is 0.416 e. The summed E-state index contributed by atoms with van der Waals surface area (Å²) in [6, 6.07) is 2.69. The molecule has 6 rings (SSSR count). The Balaban J connectivity index is 1.41. The Labute approximate surface area is 280 Å². The number of carbonyl (C=O) groups is 2. The van der Waals surface area contributed by atoms with Gasteiger partial charge in [-0.1, -0.05) is 13.0 Å². The fourth-order valence-corrected chi connectivity index (χ4v) is 5.80. The van der Waals surface area contributed by atoms with Gasteiger partial charge in [-0.3, -0.25) is 14.4 Å². The van der Waals surface area contributed by atoms with Crippen LogP contribution in [-0.2, 0) is 28.6 Å². The molecule has 0 atom stereocenters. The van der Waals surface area contributed by atoms with E-state index >= 15 is 0 Å². The third-order valence-electron chi connectivity index (χ3n) is 8.42. The summed E-state index contributed by atoms with van der Waals surface area (Å²) in [6.45, 7) is 2.75. The van der Waals surface area contributed by atoms with E-state index in [1.807, 2.05) is 0 Å². The molecule has 0 unspecified atom stereocenters. The van der Waals surface area contributed by atoms with E-state index in [9.17, 15) is 32.7 Å². The zero-order valence-corrected chi connectivity index (χ0v) is 26.8. The zero-order valence-electron chi connectivity index (χ0n) is 28.8. The number of fused-ring (bicyclic) bond motifs is 1. The van der Waals surface area contributed by atoms with Crippen molar-refractivity contribution in [2.75, 3.05) is 49.6 Å². The average molecular weight is 684 g/mol. The zero-order chi connectivity index (χ0) is 36.8. The third-order valence-corrected chi connectivity index (χ3v) is 8.42. The number of amides is 2. The smallest absolute Gasteiger partial charge is 0.416 e. The molecule has 1 aromatic carbocycles. The number of nitrogens with one attached hydrogen (secondary N) is 1. The molecule has 2 aliphatic heterocycles. The van der Waals surface area contributed by atoms with Crippen LogP contribution in [0.3, 0.4) is 0 Å². The lowest BCUT2D eigenvalue weighted by atomic mass is 10.1. The minimum atomic E-state index is -4.61. The Kier molecular flexibility index (Phi) is 8.40. The minimum Gasteiger partial charge on any atom is -0.504 e. The van der Waals surface area contributed by atoms with Crippen molar-refractivity contribution in [3.63, 3.8) is 0 Å². The first-order chi connectivity index (χ1) is 24.1. The van der Waals surface area contributed by atoms with Crippen molar-refractivity contribution >= 4 is 34.5 Å². The molecule has 14 nitrogen and oxygen atoms in total. The maximum atomic E-state index is 14.2. The Morgan fingerprint density at radius 2 is 1.90 bits per heavy atom. The summed E-state index contributed by atoms with van der Waals surface area (Å²) < 4.78 is 65.5. The first-order valence-electron chi connectivity index (χ1n) is 16.5. The van der Waals surface area contributed by atoms with E-state index in [0.717, 1.165) is 27.3 Å². The van der Waals surface area contributed by atoms with Crippen LogP contribution in [0, 0.1) is 13.8 Å². The van der Waals surface area contributed by atoms with Crippen LogP contribution in [0.2, 0.25) is 0 Å². The number of halogens is 3. The largest absolute Gasteiger partial charge is 0.504 e. The molecule has 0 spiro atoms. The van der Waals surface area contributed by atoms with E-state index in [1.54, 1.807) is 17.9 Å². The van der Waals surface area contributed by atoms with Gasteiger partial charge in [-0.05, 0) is 56.0 Å². The van der Waals surface area contributed by atoms with Crippen molar-refractivity contribution in [1.29, 1.82) is 0 Å². The highest BCUT2D eigenvalue weighted by molar-refractivity contribution is 5.95. The number of anilines is 2. The van der Waals surface area contributed by atoms with Crippen LogP contribution in [-0.4, -0.2) is 90.3 Å². The molecule has 0 bridgehead atoms. The lowest BCUT2D eigenvalue weighted by Gasteiger charge is -2.36. The molecule has 2 amide bonds. The number of carbonyl (C=O) groups excluding carboxylic acids is 2. The van der Waals surface area contributed by atoms with Crippen LogP contribution in [0.4, 0.5) is 24.5 Å². The molecule has 0 radical (unpaired) electrons. The summed E-state index contributed by atoms with van der Waals surface area (Å²) in [6.07, 6.45) is -1.21. The maximum absolute atomic E-state index is 14.2. The lowest BCUT2D eigenvalue weighted by molar-refractivity contribution is -0.137. The second kappa shape index (κ2) is 13.3. The number of hydrogen-bond acceptors (Lipinski definition) is 10. The van der Waals surface area contributed by atoms with Crippen LogP contribution in [0.25, 0.3) is 11.4 Å². The predicted molar refractivity (Wildman–Crippen MR) is 171 cm³/mol. The normalized spacial score (nSPS) is 16.3. The van der Waals surface area contributed by atoms with Gasteiger partial charge in [0.25, 0.3) is 11.5 Å². The fraction of sp³-hybridized carbons (Fsp3) is 0.406. The minimum absolute atomic E-state index is 0.0348. The van der Waals surface area contributed by atoms with Gasteiger partial charge >= 0.3 is 6.18 Å². The number of benzene rings is 1. The van der Waals surface area contributed by atoms with Gasteiger partial charge in [-0.15, -0.1) is 5.10 Å². The van der Waals surface area contributed by atoms with Gasteiger partial charge < -0.3 is 29.5 Å². The molecule has 5 heterocycles. The molecule has 2 aliphatic rings. The second-order valence-electron chi connectivity index (χ2n) is 11.5. The molecule has 3 aromatic heterocycles. The van der Waals surface area contributed by atoms with Crippen LogP contribution in [0.15, 0.2) is 35.4 Å². The quantitative estimate of drug-likeness (QED) is 0.297. The van der Waals surface area contributed by atoms with Crippen molar-refractivity contribution in [3.8, 4) is 5.75 Å². The Bertz CT molecular complexity index is 2130. The predicted octanol–water partition coefficient (Wildman–Crippen LogP) is 2.99. The second-order valence-corrected chi connectivity index (χ2v) is 11.5. The number of aryl methyl sites for hydroxylation is 2. The molecular formula is C32H34F3N9O5. The molecule has 1 saturated heterocycles. The summed E-state index contributed by atoms with van der Waals surface area (Å²) in [5.74, 6) is -2.19. The fourth-order valence-electron chi connectivity index (χ4n) is 5.80. The highest BCUT2D eigenvalue weighted by Crippen LogP contribution is 2.32. The van der Waals surface area contributed by atoms with E-state index in [2.05, 4.69) is 25.4 Å². The highest BCUT2D eigenvalue weighted by Gasteiger charge is 2.32. The molecule has 258 valence electrons. The van der Waals surface area contributed by atoms with Gasteiger partial charge in [-0.2, -0.15) is 22.7 Å². The number of alkyl halides is 3. The van der Waals surface area contributed by atoms with E-state index in [0.29, 0.717) is 18.6 Å². The third kappa shape index (κ3) is 6.57. The lowest BCUT2D eigenvalue weighted by Crippen LogP contribution is -2.51. The van der Waals surface area contributed by atoms with Crippen LogP contribution >= 0.6 is 0 Å². The number of nitrogens with zero attached hydrogens (tertiary/aromatic N) is 8. The van der Waals surface area contributed by atoms with E-state index in [4.69, 9.17) is 7.48 Å². The molecular weight excluding hydrogens is 647 g/mol. The van der Waals surface area contributed by atoms with Crippen molar-refractivity contribution < 1.29 is 35.3 Å². The van der Waals surface area contributed by atoms with E-state index in [1.165, 1.54) is 25.1 Å². The molecule has 0 saturated carbocycles. The number of hydrogen-bond donors (Lipinski definition) is 2. The molecule has 2 N–H and O–H groups in total. The molecule has 49 heavy (non-hydrogen) atoms. The Morgan fingerprint density at radius 3 is 2.55 bits per heavy atom.